The van der Waals surface area contributed by atoms with Crippen LogP contribution in [-0.4, -0.2) is 14.8 Å². The molecule has 0 aliphatic rings. The summed E-state index contributed by atoms with van der Waals surface area (Å²) in [6.07, 6.45) is 2.10. The number of nitrogens with zero attached hydrogens (tertiary/aromatic N) is 1. The largest absolute Gasteiger partial charge is 0.494 e. The fraction of sp³-hybridized carbons (Fsp3) is 0.0769. The van der Waals surface area contributed by atoms with Crippen LogP contribution in [0.25, 0.3) is 5.69 Å². The van der Waals surface area contributed by atoms with Crippen LogP contribution in [0.15, 0.2) is 36.9 Å². The molecule has 18 heavy (non-hydrogen) atoms. The van der Waals surface area contributed by atoms with Crippen molar-refractivity contribution in [3.63, 3.8) is 0 Å². The summed E-state index contributed by atoms with van der Waals surface area (Å²) in [5.41, 5.74) is 1.08. The van der Waals surface area contributed by atoms with E-state index in [0.717, 1.165) is 0 Å². The highest BCUT2D eigenvalue weighted by Gasteiger charge is 2.15. The SMILES string of the molecule is C=CCc1cc(O)n(-c2cc(Cl)cc(Cl)c2)c1O. The van der Waals surface area contributed by atoms with E-state index in [1.165, 1.54) is 10.6 Å². The molecule has 0 aliphatic carbocycles. The minimum atomic E-state index is -0.0808. The Morgan fingerprint density at radius 1 is 1.11 bits per heavy atom. The summed E-state index contributed by atoms with van der Waals surface area (Å²) in [4.78, 5) is 0. The lowest BCUT2D eigenvalue weighted by atomic mass is 10.2. The molecule has 0 aliphatic heterocycles. The van der Waals surface area contributed by atoms with Gasteiger partial charge in [-0.3, -0.25) is 4.57 Å². The molecule has 0 spiro atoms. The van der Waals surface area contributed by atoms with Gasteiger partial charge in [0, 0.05) is 21.7 Å². The quantitative estimate of drug-likeness (QED) is 0.839. The summed E-state index contributed by atoms with van der Waals surface area (Å²) in [5.74, 6) is -0.131. The predicted molar refractivity (Wildman–Crippen MR) is 73.0 cm³/mol. The molecule has 0 saturated carbocycles. The molecule has 2 aromatic rings. The van der Waals surface area contributed by atoms with E-state index in [-0.39, 0.29) is 11.8 Å². The Labute approximate surface area is 115 Å². The van der Waals surface area contributed by atoms with Gasteiger partial charge in [-0.2, -0.15) is 0 Å². The Morgan fingerprint density at radius 3 is 2.28 bits per heavy atom. The smallest absolute Gasteiger partial charge is 0.202 e. The number of rotatable bonds is 3. The monoisotopic (exact) mass is 283 g/mol. The van der Waals surface area contributed by atoms with Gasteiger partial charge in [0.1, 0.15) is 0 Å². The van der Waals surface area contributed by atoms with Crippen molar-refractivity contribution in [3.05, 3.63) is 52.5 Å². The van der Waals surface area contributed by atoms with E-state index < -0.39 is 0 Å². The van der Waals surface area contributed by atoms with Crippen LogP contribution in [0.2, 0.25) is 10.0 Å². The zero-order chi connectivity index (χ0) is 13.3. The molecule has 2 rings (SSSR count). The number of hydrogen-bond donors (Lipinski definition) is 2. The lowest BCUT2D eigenvalue weighted by Gasteiger charge is -2.08. The molecule has 0 radical (unpaired) electrons. The van der Waals surface area contributed by atoms with Crippen molar-refractivity contribution >= 4 is 23.2 Å². The van der Waals surface area contributed by atoms with Crippen molar-refractivity contribution in [2.24, 2.45) is 0 Å². The van der Waals surface area contributed by atoms with Gasteiger partial charge >= 0.3 is 0 Å². The van der Waals surface area contributed by atoms with E-state index >= 15 is 0 Å². The van der Waals surface area contributed by atoms with Crippen molar-refractivity contribution in [3.8, 4) is 17.4 Å². The Hall–Kier alpha value is -1.58. The Balaban J connectivity index is 2.59. The Kier molecular flexibility index (Phi) is 3.55. The van der Waals surface area contributed by atoms with Gasteiger partial charge in [0.05, 0.1) is 5.69 Å². The highest BCUT2D eigenvalue weighted by Crippen LogP contribution is 2.34. The molecule has 0 fully saturated rings. The van der Waals surface area contributed by atoms with Crippen LogP contribution >= 0.6 is 23.2 Å². The number of allylic oxidation sites excluding steroid dienone is 1. The lowest BCUT2D eigenvalue weighted by Crippen LogP contribution is -1.93. The summed E-state index contributed by atoms with van der Waals surface area (Å²) in [5, 5.41) is 20.8. The first-order valence-corrected chi connectivity index (χ1v) is 5.98. The van der Waals surface area contributed by atoms with Crippen LogP contribution < -0.4 is 0 Å². The summed E-state index contributed by atoms with van der Waals surface area (Å²) in [6.45, 7) is 3.59. The first kappa shape index (κ1) is 12.9. The van der Waals surface area contributed by atoms with Crippen LogP contribution in [0.3, 0.4) is 0 Å². The first-order chi connectivity index (χ1) is 8.52. The summed E-state index contributed by atoms with van der Waals surface area (Å²) < 4.78 is 1.27. The van der Waals surface area contributed by atoms with Crippen molar-refractivity contribution in [2.75, 3.05) is 0 Å². The van der Waals surface area contributed by atoms with Crippen molar-refractivity contribution in [2.45, 2.75) is 6.42 Å². The number of halogens is 2. The number of benzene rings is 1. The topological polar surface area (TPSA) is 45.4 Å². The molecule has 94 valence electrons. The van der Waals surface area contributed by atoms with E-state index in [2.05, 4.69) is 6.58 Å². The van der Waals surface area contributed by atoms with Crippen LogP contribution in [0, 0.1) is 0 Å². The van der Waals surface area contributed by atoms with Gasteiger partial charge in [-0.25, -0.2) is 0 Å². The van der Waals surface area contributed by atoms with E-state index in [4.69, 9.17) is 23.2 Å². The molecule has 2 N–H and O–H groups in total. The summed E-state index contributed by atoms with van der Waals surface area (Å²) in [6, 6.07) is 6.26. The minimum absolute atomic E-state index is 0.0502. The van der Waals surface area contributed by atoms with Gasteiger partial charge < -0.3 is 10.2 Å². The molecule has 1 heterocycles. The third-order valence-corrected chi connectivity index (χ3v) is 2.94. The molecular formula is C13H11Cl2NO2. The summed E-state index contributed by atoms with van der Waals surface area (Å²) in [7, 11) is 0. The highest BCUT2D eigenvalue weighted by molar-refractivity contribution is 6.34. The van der Waals surface area contributed by atoms with Crippen molar-refractivity contribution < 1.29 is 10.2 Å². The van der Waals surface area contributed by atoms with Crippen LogP contribution in [0.5, 0.6) is 11.8 Å². The van der Waals surface area contributed by atoms with Crippen LogP contribution in [0.1, 0.15) is 5.56 Å². The van der Waals surface area contributed by atoms with E-state index in [9.17, 15) is 10.2 Å². The van der Waals surface area contributed by atoms with Crippen molar-refractivity contribution in [1.82, 2.24) is 4.57 Å². The third kappa shape index (κ3) is 2.33. The molecule has 0 atom stereocenters. The van der Waals surface area contributed by atoms with E-state index in [1.807, 2.05) is 0 Å². The maximum Gasteiger partial charge on any atom is 0.202 e. The molecule has 0 amide bonds. The standard InChI is InChI=1S/C13H11Cl2NO2/c1-2-3-8-4-12(17)16(13(8)18)11-6-9(14)5-10(15)7-11/h2,4-7,17-18H,1,3H2. The number of hydrogen-bond acceptors (Lipinski definition) is 2. The van der Waals surface area contributed by atoms with Gasteiger partial charge in [0.25, 0.3) is 0 Å². The normalized spacial score (nSPS) is 10.6. The van der Waals surface area contributed by atoms with Gasteiger partial charge in [-0.15, -0.1) is 6.58 Å². The zero-order valence-corrected chi connectivity index (χ0v) is 10.9. The van der Waals surface area contributed by atoms with Gasteiger partial charge in [-0.1, -0.05) is 29.3 Å². The number of aromatic nitrogens is 1. The maximum atomic E-state index is 10.0. The van der Waals surface area contributed by atoms with E-state index in [0.29, 0.717) is 27.7 Å². The van der Waals surface area contributed by atoms with Gasteiger partial charge in [-0.05, 0) is 24.6 Å². The molecule has 1 aromatic carbocycles. The number of aromatic hydroxyl groups is 2. The Bertz CT molecular complexity index is 585. The second kappa shape index (κ2) is 4.96. The lowest BCUT2D eigenvalue weighted by molar-refractivity contribution is 0.401. The second-order valence-corrected chi connectivity index (χ2v) is 4.68. The molecule has 5 heteroatoms. The zero-order valence-electron chi connectivity index (χ0n) is 9.40. The van der Waals surface area contributed by atoms with Gasteiger partial charge in [0.2, 0.25) is 5.88 Å². The van der Waals surface area contributed by atoms with E-state index in [1.54, 1.807) is 24.3 Å². The fourth-order valence-corrected chi connectivity index (χ4v) is 2.28. The highest BCUT2D eigenvalue weighted by atomic mass is 35.5. The molecule has 1 aromatic heterocycles. The average Bonchev–Trinajstić information content (AvgIpc) is 2.53. The minimum Gasteiger partial charge on any atom is -0.494 e. The Morgan fingerprint density at radius 2 is 1.72 bits per heavy atom. The fourth-order valence-electron chi connectivity index (χ4n) is 1.77. The predicted octanol–water partition coefficient (Wildman–Crippen LogP) is 3.92. The molecule has 0 unspecified atom stereocenters. The first-order valence-electron chi connectivity index (χ1n) is 5.23. The molecule has 0 saturated heterocycles. The third-order valence-electron chi connectivity index (χ3n) is 2.50. The molecule has 0 bridgehead atoms. The van der Waals surface area contributed by atoms with Crippen molar-refractivity contribution in [1.29, 1.82) is 0 Å². The summed E-state index contributed by atoms with van der Waals surface area (Å²) >= 11 is 11.8. The van der Waals surface area contributed by atoms with Crippen LogP contribution in [-0.2, 0) is 6.42 Å². The molecular weight excluding hydrogens is 273 g/mol. The van der Waals surface area contributed by atoms with Crippen LogP contribution in [0.4, 0.5) is 0 Å². The van der Waals surface area contributed by atoms with Gasteiger partial charge in [0.15, 0.2) is 5.88 Å². The molecule has 3 nitrogen and oxygen atoms in total. The maximum absolute atomic E-state index is 10.0. The second-order valence-electron chi connectivity index (χ2n) is 3.81. The average molecular weight is 284 g/mol.